The van der Waals surface area contributed by atoms with Crippen LogP contribution in [-0.2, 0) is 0 Å². The van der Waals surface area contributed by atoms with Crippen LogP contribution in [0.5, 0.6) is 0 Å². The molecule has 12 aromatic carbocycles. The number of nitrogens with zero attached hydrogens (tertiary/aromatic N) is 2. The molecule has 14 aromatic rings. The summed E-state index contributed by atoms with van der Waals surface area (Å²) >= 11 is 0. The molecular formula is C68H52N2O2. The molecule has 0 aliphatic carbocycles. The van der Waals surface area contributed by atoms with Gasteiger partial charge in [0.15, 0.2) is 11.2 Å². The van der Waals surface area contributed by atoms with Gasteiger partial charge in [-0.25, -0.2) is 0 Å². The van der Waals surface area contributed by atoms with E-state index < -0.39 is 0 Å². The van der Waals surface area contributed by atoms with E-state index in [-0.39, 0.29) is 11.8 Å². The van der Waals surface area contributed by atoms with Crippen LogP contribution in [-0.4, -0.2) is 0 Å². The average molecular weight is 929 g/mol. The van der Waals surface area contributed by atoms with Crippen LogP contribution >= 0.6 is 0 Å². The van der Waals surface area contributed by atoms with Gasteiger partial charge < -0.3 is 18.6 Å². The molecule has 4 nitrogen and oxygen atoms in total. The van der Waals surface area contributed by atoms with E-state index in [1.54, 1.807) is 0 Å². The van der Waals surface area contributed by atoms with Gasteiger partial charge in [-0.05, 0) is 152 Å². The maximum atomic E-state index is 6.93. The number of benzene rings is 12. The molecule has 0 atom stereocenters. The number of hydrogen-bond donors (Lipinski definition) is 0. The van der Waals surface area contributed by atoms with Crippen LogP contribution in [0.3, 0.4) is 0 Å². The van der Waals surface area contributed by atoms with Gasteiger partial charge in [0.25, 0.3) is 0 Å². The lowest BCUT2D eigenvalue weighted by Crippen LogP contribution is -2.13. The van der Waals surface area contributed by atoms with Crippen molar-refractivity contribution in [3.8, 4) is 0 Å². The molecule has 0 saturated carbocycles. The Balaban J connectivity index is 1.12. The number of furan rings is 2. The first kappa shape index (κ1) is 42.3. The zero-order valence-corrected chi connectivity index (χ0v) is 41.3. The third-order valence-electron chi connectivity index (χ3n) is 15.5. The van der Waals surface area contributed by atoms with E-state index in [2.05, 4.69) is 245 Å². The topological polar surface area (TPSA) is 32.8 Å². The number of rotatable bonds is 8. The van der Waals surface area contributed by atoms with Gasteiger partial charge in [0, 0.05) is 43.7 Å². The van der Waals surface area contributed by atoms with Gasteiger partial charge in [0.2, 0.25) is 0 Å². The lowest BCUT2D eigenvalue weighted by molar-refractivity contribution is 0.668. The van der Waals surface area contributed by atoms with Gasteiger partial charge in [-0.2, -0.15) is 0 Å². The van der Waals surface area contributed by atoms with E-state index in [0.717, 1.165) is 78.0 Å². The molecule has 0 saturated heterocycles. The number of hydrogen-bond acceptors (Lipinski definition) is 4. The molecule has 4 heteroatoms. The largest absolute Gasteiger partial charge is 0.454 e. The Bertz CT molecular complexity index is 4220. The van der Waals surface area contributed by atoms with E-state index in [1.807, 2.05) is 0 Å². The van der Waals surface area contributed by atoms with Crippen molar-refractivity contribution in [1.82, 2.24) is 0 Å². The summed E-state index contributed by atoms with van der Waals surface area (Å²) in [6.45, 7) is 13.8. The van der Waals surface area contributed by atoms with Crippen LogP contribution in [0.1, 0.15) is 61.8 Å². The Morgan fingerprint density at radius 2 is 0.694 bits per heavy atom. The minimum atomic E-state index is 0.224. The Labute approximate surface area is 418 Å². The molecule has 72 heavy (non-hydrogen) atoms. The fourth-order valence-electron chi connectivity index (χ4n) is 12.2. The molecular weight excluding hydrogens is 877 g/mol. The molecule has 0 radical (unpaired) electrons. The normalized spacial score (nSPS) is 12.3. The molecule has 0 N–H and O–H groups in total. The van der Waals surface area contributed by atoms with Crippen LogP contribution in [0.4, 0.5) is 34.1 Å². The predicted octanol–water partition coefficient (Wildman–Crippen LogP) is 20.5. The Morgan fingerprint density at radius 3 is 1.12 bits per heavy atom. The first-order valence-electron chi connectivity index (χ1n) is 25.4. The van der Waals surface area contributed by atoms with Gasteiger partial charge in [0.05, 0.1) is 22.7 Å². The van der Waals surface area contributed by atoms with Crippen LogP contribution in [0.25, 0.3) is 97.7 Å². The lowest BCUT2D eigenvalue weighted by Gasteiger charge is -2.32. The average Bonchev–Trinajstić information content (AvgIpc) is 3.98. The minimum absolute atomic E-state index is 0.224. The van der Waals surface area contributed by atoms with E-state index in [1.165, 1.54) is 76.1 Å². The highest BCUT2D eigenvalue weighted by atomic mass is 16.3. The third-order valence-corrected chi connectivity index (χ3v) is 15.5. The van der Waals surface area contributed by atoms with Gasteiger partial charge >= 0.3 is 0 Å². The lowest BCUT2D eigenvalue weighted by atomic mass is 9.84. The summed E-state index contributed by atoms with van der Waals surface area (Å²) < 4.78 is 13.9. The van der Waals surface area contributed by atoms with Crippen molar-refractivity contribution in [2.24, 2.45) is 0 Å². The zero-order chi connectivity index (χ0) is 48.5. The standard InChI is InChI=1S/C68H52N2O2/c1-39(2)57-37-61(69(45-33-41(5)47-19-9-7-17-43(47)35-45)59-25-15-23-53-49-21-11-13-27-63(49)71-67(53)59)55-32-30-52-58(40(3)4)38-62(56-31-29-51(57)65(55)66(52)56)70(46-34-42(6)48-20-10-8-18-44(48)36-46)60-26-16-24-54-50-22-12-14-28-64(50)72-68(54)60/h7-40H,1-6H3. The van der Waals surface area contributed by atoms with Crippen molar-refractivity contribution < 1.29 is 8.83 Å². The fraction of sp³-hybridized carbons (Fsp3) is 0.118. The second kappa shape index (κ2) is 16.0. The molecule has 0 aliphatic heterocycles. The summed E-state index contributed by atoms with van der Waals surface area (Å²) in [5, 5.41) is 16.8. The van der Waals surface area contributed by atoms with E-state index in [4.69, 9.17) is 8.83 Å². The van der Waals surface area contributed by atoms with Crippen LogP contribution in [0, 0.1) is 13.8 Å². The second-order valence-corrected chi connectivity index (χ2v) is 20.5. The Morgan fingerprint density at radius 1 is 0.319 bits per heavy atom. The van der Waals surface area contributed by atoms with Crippen molar-refractivity contribution in [2.45, 2.75) is 53.4 Å². The molecule has 0 aliphatic rings. The van der Waals surface area contributed by atoms with Crippen molar-refractivity contribution in [2.75, 3.05) is 9.80 Å². The van der Waals surface area contributed by atoms with Crippen LogP contribution in [0.15, 0.2) is 203 Å². The summed E-state index contributed by atoms with van der Waals surface area (Å²) in [6, 6.07) is 71.5. The third kappa shape index (κ3) is 6.24. The maximum absolute atomic E-state index is 6.93. The Hall–Kier alpha value is -8.60. The summed E-state index contributed by atoms with van der Waals surface area (Å²) in [7, 11) is 0. The van der Waals surface area contributed by atoms with Crippen molar-refractivity contribution in [1.29, 1.82) is 0 Å². The maximum Gasteiger partial charge on any atom is 0.159 e. The SMILES string of the molecule is Cc1cc(N(c2cc(C(C)C)c3ccc4c(N(c5cc(C)c6ccccc6c5)c5cccc6c5oc5ccccc56)cc(C(C)C)c5ccc2c3c54)c2cccc3c2oc2ccccc23)cc2ccccc12. The summed E-state index contributed by atoms with van der Waals surface area (Å²) in [5.41, 5.74) is 15.0. The quantitative estimate of drug-likeness (QED) is 0.142. The highest BCUT2D eigenvalue weighted by Crippen LogP contribution is 2.53. The number of para-hydroxylation sites is 4. The second-order valence-electron chi connectivity index (χ2n) is 20.5. The fourth-order valence-corrected chi connectivity index (χ4v) is 12.2. The Kier molecular flexibility index (Phi) is 9.38. The van der Waals surface area contributed by atoms with Crippen molar-refractivity contribution in [3.63, 3.8) is 0 Å². The van der Waals surface area contributed by atoms with E-state index in [0.29, 0.717) is 0 Å². The van der Waals surface area contributed by atoms with Gasteiger partial charge in [-0.1, -0.05) is 161 Å². The zero-order valence-electron chi connectivity index (χ0n) is 41.3. The predicted molar refractivity (Wildman–Crippen MR) is 307 cm³/mol. The van der Waals surface area contributed by atoms with E-state index in [9.17, 15) is 0 Å². The molecule has 0 bridgehead atoms. The first-order valence-corrected chi connectivity index (χ1v) is 25.4. The van der Waals surface area contributed by atoms with E-state index >= 15 is 0 Å². The highest BCUT2D eigenvalue weighted by molar-refractivity contribution is 6.30. The molecule has 0 fully saturated rings. The summed E-state index contributed by atoms with van der Waals surface area (Å²) in [6.07, 6.45) is 0. The molecule has 14 rings (SSSR count). The molecule has 2 heterocycles. The molecule has 2 aromatic heterocycles. The van der Waals surface area contributed by atoms with Gasteiger partial charge in [0.1, 0.15) is 11.2 Å². The number of aryl methyl sites for hydroxylation is 2. The highest BCUT2D eigenvalue weighted by Gasteiger charge is 2.29. The first-order chi connectivity index (χ1) is 35.2. The molecule has 0 unspecified atom stereocenters. The van der Waals surface area contributed by atoms with Crippen LogP contribution in [0.2, 0.25) is 0 Å². The van der Waals surface area contributed by atoms with Gasteiger partial charge in [-0.15, -0.1) is 0 Å². The molecule has 346 valence electrons. The van der Waals surface area contributed by atoms with Gasteiger partial charge in [-0.3, -0.25) is 0 Å². The molecule has 0 spiro atoms. The number of anilines is 6. The van der Waals surface area contributed by atoms with Crippen molar-refractivity contribution in [3.05, 3.63) is 216 Å². The monoisotopic (exact) mass is 928 g/mol. The summed E-state index contributed by atoms with van der Waals surface area (Å²) in [4.78, 5) is 4.97. The number of fused-ring (bicyclic) bond motifs is 8. The summed E-state index contributed by atoms with van der Waals surface area (Å²) in [5.74, 6) is 0.449. The molecule has 0 amide bonds. The minimum Gasteiger partial charge on any atom is -0.454 e. The van der Waals surface area contributed by atoms with Crippen molar-refractivity contribution >= 4 is 132 Å². The van der Waals surface area contributed by atoms with Crippen LogP contribution < -0.4 is 9.80 Å². The smallest absolute Gasteiger partial charge is 0.159 e.